The Hall–Kier alpha value is 0.160. The number of nitrogens with zero attached hydrogens (tertiary/aromatic N) is 1. The normalized spacial score (nSPS) is 27.2. The van der Waals surface area contributed by atoms with Crippen LogP contribution in [0.2, 0.25) is 0 Å². The van der Waals surface area contributed by atoms with E-state index in [0.29, 0.717) is 5.54 Å². The van der Waals surface area contributed by atoms with Gasteiger partial charge in [0.15, 0.2) is 4.67 Å². The highest BCUT2D eigenvalue weighted by molar-refractivity contribution is 9.13. The fraction of sp³-hybridized carbons (Fsp3) is 0.733. The van der Waals surface area contributed by atoms with Crippen LogP contribution >= 0.6 is 31.9 Å². The van der Waals surface area contributed by atoms with Crippen LogP contribution in [0, 0.1) is 5.92 Å². The maximum atomic E-state index is 5.61. The van der Waals surface area contributed by atoms with Crippen LogP contribution in [0.1, 0.15) is 38.4 Å². The molecule has 2 atom stereocenters. The predicted octanol–water partition coefficient (Wildman–Crippen LogP) is 4.40. The Balaban J connectivity index is 1.92. The van der Waals surface area contributed by atoms with E-state index >= 15 is 0 Å². The first kappa shape index (κ1) is 16.5. The summed E-state index contributed by atoms with van der Waals surface area (Å²) in [5.74, 6) is 1.78. The van der Waals surface area contributed by atoms with E-state index in [1.807, 2.05) is 6.07 Å². The molecule has 0 aliphatic heterocycles. The third-order valence-corrected chi connectivity index (χ3v) is 6.18. The van der Waals surface area contributed by atoms with Gasteiger partial charge >= 0.3 is 0 Å². The average Bonchev–Trinajstić information content (AvgIpc) is 2.68. The summed E-state index contributed by atoms with van der Waals surface area (Å²) in [6.45, 7) is 4.16. The summed E-state index contributed by atoms with van der Waals surface area (Å²) in [7, 11) is 4.42. The molecule has 5 heteroatoms. The van der Waals surface area contributed by atoms with Crippen LogP contribution < -0.4 is 5.32 Å². The van der Waals surface area contributed by atoms with E-state index in [4.69, 9.17) is 4.42 Å². The molecule has 2 rings (SSSR count). The largest absolute Gasteiger partial charge is 0.452 e. The van der Waals surface area contributed by atoms with Gasteiger partial charge in [-0.05, 0) is 70.8 Å². The molecule has 1 N–H and O–H groups in total. The van der Waals surface area contributed by atoms with Crippen molar-refractivity contribution in [1.29, 1.82) is 0 Å². The Labute approximate surface area is 138 Å². The molecule has 0 radical (unpaired) electrons. The number of furan rings is 1. The van der Waals surface area contributed by atoms with E-state index in [9.17, 15) is 0 Å². The molecule has 2 unspecified atom stereocenters. The molecule has 114 valence electrons. The van der Waals surface area contributed by atoms with Gasteiger partial charge in [0.2, 0.25) is 0 Å². The van der Waals surface area contributed by atoms with Crippen LogP contribution in [-0.4, -0.2) is 31.1 Å². The minimum Gasteiger partial charge on any atom is -0.452 e. The van der Waals surface area contributed by atoms with Crippen LogP contribution in [0.3, 0.4) is 0 Å². The van der Waals surface area contributed by atoms with Crippen molar-refractivity contribution in [1.82, 2.24) is 10.2 Å². The highest BCUT2D eigenvalue weighted by Crippen LogP contribution is 2.35. The van der Waals surface area contributed by atoms with Gasteiger partial charge in [0, 0.05) is 12.1 Å². The monoisotopic (exact) mass is 406 g/mol. The van der Waals surface area contributed by atoms with Crippen LogP contribution in [-0.2, 0) is 6.54 Å². The van der Waals surface area contributed by atoms with Gasteiger partial charge in [-0.3, -0.25) is 0 Å². The third-order valence-electron chi connectivity index (χ3n) is 4.47. The van der Waals surface area contributed by atoms with E-state index in [-0.39, 0.29) is 0 Å². The van der Waals surface area contributed by atoms with Crippen molar-refractivity contribution in [3.63, 3.8) is 0 Å². The fourth-order valence-corrected chi connectivity index (χ4v) is 3.91. The van der Waals surface area contributed by atoms with Gasteiger partial charge in [-0.15, -0.1) is 0 Å². The van der Waals surface area contributed by atoms with Crippen LogP contribution in [0.5, 0.6) is 0 Å². The van der Waals surface area contributed by atoms with Gasteiger partial charge in [-0.25, -0.2) is 0 Å². The zero-order valence-electron chi connectivity index (χ0n) is 12.5. The molecule has 1 aromatic rings. The molecule has 0 aromatic carbocycles. The number of hydrogen-bond acceptors (Lipinski definition) is 3. The summed E-state index contributed by atoms with van der Waals surface area (Å²) in [4.78, 5) is 2.41. The lowest BCUT2D eigenvalue weighted by atomic mass is 9.75. The summed E-state index contributed by atoms with van der Waals surface area (Å²) < 4.78 is 7.35. The highest BCUT2D eigenvalue weighted by Gasteiger charge is 2.36. The van der Waals surface area contributed by atoms with Crippen molar-refractivity contribution in [2.24, 2.45) is 5.92 Å². The van der Waals surface area contributed by atoms with Gasteiger partial charge in [0.1, 0.15) is 5.76 Å². The second-order valence-corrected chi connectivity index (χ2v) is 7.83. The Morgan fingerprint density at radius 2 is 2.20 bits per heavy atom. The van der Waals surface area contributed by atoms with Crippen LogP contribution in [0.25, 0.3) is 0 Å². The summed E-state index contributed by atoms with van der Waals surface area (Å²) in [6.07, 6.45) is 5.26. The van der Waals surface area contributed by atoms with E-state index < -0.39 is 0 Å². The molecule has 1 saturated carbocycles. The van der Waals surface area contributed by atoms with E-state index in [2.05, 4.69) is 63.1 Å². The van der Waals surface area contributed by atoms with Crippen molar-refractivity contribution >= 4 is 31.9 Å². The minimum atomic E-state index is 0.290. The van der Waals surface area contributed by atoms with Gasteiger partial charge in [0.05, 0.1) is 11.0 Å². The Kier molecular flexibility index (Phi) is 5.74. The lowest BCUT2D eigenvalue weighted by Gasteiger charge is -2.45. The van der Waals surface area contributed by atoms with Crippen molar-refractivity contribution < 1.29 is 4.42 Å². The average molecular weight is 408 g/mol. The molecule has 1 aromatic heterocycles. The standard InChI is InChI=1S/C15H24Br2N2O/c1-11-5-4-6-15(8-11,19(2)3)10-18-9-12-7-13(16)14(17)20-12/h7,11,18H,4-6,8-10H2,1-3H3. The zero-order chi connectivity index (χ0) is 14.8. The lowest BCUT2D eigenvalue weighted by Crippen LogP contribution is -2.54. The molecule has 0 bridgehead atoms. The zero-order valence-corrected chi connectivity index (χ0v) is 15.7. The van der Waals surface area contributed by atoms with E-state index in [1.165, 1.54) is 25.7 Å². The molecule has 3 nitrogen and oxygen atoms in total. The maximum Gasteiger partial charge on any atom is 0.183 e. The molecule has 20 heavy (non-hydrogen) atoms. The molecule has 1 aliphatic rings. The quantitative estimate of drug-likeness (QED) is 0.783. The molecule has 1 heterocycles. The smallest absolute Gasteiger partial charge is 0.183 e. The Morgan fingerprint density at radius 1 is 1.45 bits per heavy atom. The first-order chi connectivity index (χ1) is 9.43. The maximum absolute atomic E-state index is 5.61. The second-order valence-electron chi connectivity index (χ2n) is 6.26. The number of rotatable bonds is 5. The number of likely N-dealkylation sites (N-methyl/N-ethyl adjacent to an activating group) is 1. The van der Waals surface area contributed by atoms with Gasteiger partial charge < -0.3 is 14.6 Å². The van der Waals surface area contributed by atoms with Crippen LogP contribution in [0.15, 0.2) is 19.6 Å². The van der Waals surface area contributed by atoms with Crippen molar-refractivity contribution in [2.45, 2.75) is 44.7 Å². The first-order valence-corrected chi connectivity index (χ1v) is 8.83. The number of halogens is 2. The summed E-state index contributed by atoms with van der Waals surface area (Å²) in [5, 5.41) is 3.58. The topological polar surface area (TPSA) is 28.4 Å². The second kappa shape index (κ2) is 6.95. The molecule has 1 aliphatic carbocycles. The number of nitrogens with one attached hydrogen (secondary N) is 1. The van der Waals surface area contributed by atoms with Crippen molar-refractivity contribution in [2.75, 3.05) is 20.6 Å². The highest BCUT2D eigenvalue weighted by atomic mass is 79.9. The number of hydrogen-bond donors (Lipinski definition) is 1. The van der Waals surface area contributed by atoms with E-state index in [0.717, 1.165) is 33.9 Å². The predicted molar refractivity (Wildman–Crippen MR) is 89.9 cm³/mol. The third kappa shape index (κ3) is 3.87. The van der Waals surface area contributed by atoms with Gasteiger partial charge in [-0.1, -0.05) is 19.8 Å². The Morgan fingerprint density at radius 3 is 2.75 bits per heavy atom. The molecule has 1 fully saturated rings. The first-order valence-electron chi connectivity index (χ1n) is 7.25. The SMILES string of the molecule is CC1CCCC(CNCc2cc(Br)c(Br)o2)(N(C)C)C1. The Bertz CT molecular complexity index is 428. The fourth-order valence-electron chi connectivity index (χ4n) is 3.25. The van der Waals surface area contributed by atoms with Gasteiger partial charge in [0.25, 0.3) is 0 Å². The lowest BCUT2D eigenvalue weighted by molar-refractivity contribution is 0.0745. The van der Waals surface area contributed by atoms with E-state index in [1.54, 1.807) is 0 Å². The van der Waals surface area contributed by atoms with Crippen LogP contribution in [0.4, 0.5) is 0 Å². The van der Waals surface area contributed by atoms with Crippen molar-refractivity contribution in [3.05, 3.63) is 21.0 Å². The minimum absolute atomic E-state index is 0.290. The molecule has 0 amide bonds. The summed E-state index contributed by atoms with van der Waals surface area (Å²) >= 11 is 6.83. The molecule has 0 spiro atoms. The molecular weight excluding hydrogens is 384 g/mol. The molecular formula is C15H24Br2N2O. The summed E-state index contributed by atoms with van der Waals surface area (Å²) in [5.41, 5.74) is 0.290. The van der Waals surface area contributed by atoms with Gasteiger partial charge in [-0.2, -0.15) is 0 Å². The summed E-state index contributed by atoms with van der Waals surface area (Å²) in [6, 6.07) is 2.02. The van der Waals surface area contributed by atoms with Crippen molar-refractivity contribution in [3.8, 4) is 0 Å². The molecule has 0 saturated heterocycles.